The van der Waals surface area contributed by atoms with Crippen LogP contribution in [0.25, 0.3) is 0 Å². The lowest BCUT2D eigenvalue weighted by molar-refractivity contribution is -0.875. The predicted molar refractivity (Wildman–Crippen MR) is 138 cm³/mol. The summed E-state index contributed by atoms with van der Waals surface area (Å²) in [5.41, 5.74) is 0. The summed E-state index contributed by atoms with van der Waals surface area (Å²) in [6, 6.07) is 0. The Morgan fingerprint density at radius 1 is 0.688 bits per heavy atom. The lowest BCUT2D eigenvalue weighted by Gasteiger charge is -2.35. The van der Waals surface area contributed by atoms with Gasteiger partial charge in [0, 0.05) is 0 Å². The zero-order chi connectivity index (χ0) is 24.3. The van der Waals surface area contributed by atoms with Crippen molar-refractivity contribution in [3.63, 3.8) is 0 Å². The van der Waals surface area contributed by atoms with Crippen LogP contribution in [0.2, 0.25) is 0 Å². The first-order valence-electron chi connectivity index (χ1n) is 12.9. The fourth-order valence-corrected chi connectivity index (χ4v) is 5.03. The summed E-state index contributed by atoms with van der Waals surface area (Å²) in [6.45, 7) is 2.26. The molecule has 0 aromatic heterocycles. The highest BCUT2D eigenvalue weighted by molar-refractivity contribution is 7.53. The maximum atomic E-state index is 11.8. The Labute approximate surface area is 198 Å². The van der Waals surface area contributed by atoms with E-state index in [-0.39, 0.29) is 13.0 Å². The zero-order valence-corrected chi connectivity index (χ0v) is 22.4. The Morgan fingerprint density at radius 2 is 1.06 bits per heavy atom. The molecule has 0 aliphatic heterocycles. The summed E-state index contributed by atoms with van der Waals surface area (Å²) in [5.74, 6) is 0. The van der Waals surface area contributed by atoms with Crippen LogP contribution >= 0.6 is 7.60 Å². The van der Waals surface area contributed by atoms with E-state index in [9.17, 15) is 19.5 Å². The molecule has 1 atom stereocenters. The van der Waals surface area contributed by atoms with Crippen molar-refractivity contribution in [3.8, 4) is 0 Å². The van der Waals surface area contributed by atoms with Gasteiger partial charge in [0.25, 0.3) is 0 Å². The van der Waals surface area contributed by atoms with Crippen molar-refractivity contribution >= 4 is 7.60 Å². The Morgan fingerprint density at radius 3 is 1.44 bits per heavy atom. The molecular weight excluding hydrogens is 421 g/mol. The van der Waals surface area contributed by atoms with Gasteiger partial charge in [0.05, 0.1) is 21.1 Å². The number of allylic oxidation sites excluding steroid dienone is 4. The summed E-state index contributed by atoms with van der Waals surface area (Å²) in [4.78, 5) is 19.2. The maximum Gasteiger partial charge on any atom is 0.362 e. The molecule has 5 nitrogen and oxygen atoms in total. The summed E-state index contributed by atoms with van der Waals surface area (Å²) in [6.07, 6.45) is 27.0. The van der Waals surface area contributed by atoms with E-state index in [1.807, 2.05) is 21.1 Å². The third-order valence-corrected chi connectivity index (χ3v) is 7.20. The van der Waals surface area contributed by atoms with Gasteiger partial charge in [-0.1, -0.05) is 76.2 Å². The Balaban J connectivity index is 3.66. The number of aliphatic hydroxyl groups is 1. The smallest absolute Gasteiger partial charge is 0.362 e. The van der Waals surface area contributed by atoms with Crippen molar-refractivity contribution in [1.82, 2.24) is 0 Å². The molecule has 0 aromatic rings. The molecule has 0 saturated heterocycles. The summed E-state index contributed by atoms with van der Waals surface area (Å²) >= 11 is 0. The van der Waals surface area contributed by atoms with Crippen LogP contribution in [0.15, 0.2) is 24.3 Å². The Bertz CT molecular complexity index is 551. The first-order chi connectivity index (χ1) is 15.0. The Kier molecular flexibility index (Phi) is 17.7. The van der Waals surface area contributed by atoms with E-state index in [4.69, 9.17) is 0 Å². The number of nitrogens with zero attached hydrogens (tertiary/aromatic N) is 1. The van der Waals surface area contributed by atoms with E-state index in [1.54, 1.807) is 0 Å². The van der Waals surface area contributed by atoms with Crippen molar-refractivity contribution < 1.29 is 23.9 Å². The molecule has 6 heteroatoms. The zero-order valence-electron chi connectivity index (χ0n) is 21.5. The van der Waals surface area contributed by atoms with Crippen LogP contribution in [0.4, 0.5) is 0 Å². The molecule has 0 fully saturated rings. The van der Waals surface area contributed by atoms with E-state index < -0.39 is 12.9 Å². The minimum atomic E-state index is -4.56. The monoisotopic (exact) mass is 474 g/mol. The van der Waals surface area contributed by atoms with E-state index in [1.165, 1.54) is 70.6 Å². The summed E-state index contributed by atoms with van der Waals surface area (Å²) in [7, 11) is 0.934. The highest BCUT2D eigenvalue weighted by Gasteiger charge is 2.48. The highest BCUT2D eigenvalue weighted by atomic mass is 31.2. The number of unbranched alkanes of at least 4 members (excludes halogenated alkanes) is 12. The number of rotatable bonds is 21. The molecule has 0 aliphatic carbocycles. The fraction of sp³-hybridized carbons (Fsp3) is 0.846. The van der Waals surface area contributed by atoms with E-state index in [0.29, 0.717) is 10.9 Å². The van der Waals surface area contributed by atoms with Crippen molar-refractivity contribution in [2.45, 2.75) is 115 Å². The molecule has 0 amide bonds. The molecule has 3 N–H and O–H groups in total. The number of hydrogen-bond donors (Lipinski definition) is 3. The first kappa shape index (κ1) is 31.6. The second-order valence-corrected chi connectivity index (χ2v) is 12.3. The quantitative estimate of drug-likeness (QED) is 0.0729. The molecule has 0 aromatic carbocycles. The lowest BCUT2D eigenvalue weighted by atomic mass is 10.1. The lowest BCUT2D eigenvalue weighted by Crippen LogP contribution is -2.49. The van der Waals surface area contributed by atoms with E-state index in [2.05, 4.69) is 31.2 Å². The van der Waals surface area contributed by atoms with Gasteiger partial charge in [-0.25, -0.2) is 0 Å². The summed E-state index contributed by atoms with van der Waals surface area (Å²) in [5, 5.41) is 8.60. The normalized spacial score (nSPS) is 15.1. The molecule has 0 rings (SSSR count). The third kappa shape index (κ3) is 18.0. The second kappa shape index (κ2) is 18.0. The fourth-order valence-electron chi connectivity index (χ4n) is 3.97. The molecule has 32 heavy (non-hydrogen) atoms. The van der Waals surface area contributed by atoms with Crippen LogP contribution in [0, 0.1) is 0 Å². The van der Waals surface area contributed by atoms with Gasteiger partial charge >= 0.3 is 7.60 Å². The molecule has 190 valence electrons. The average Bonchev–Trinajstić information content (AvgIpc) is 2.67. The SMILES string of the molecule is CCC/C=C\CCCCCCCCCC/C=C\CCCCC(O)(C[N+](C)(C)C)P(=O)(O)O. The number of likely N-dealkylation sites (N-methyl/N-ethyl adjacent to an activating group) is 1. The van der Waals surface area contributed by atoms with E-state index >= 15 is 0 Å². The van der Waals surface area contributed by atoms with Crippen molar-refractivity contribution in [1.29, 1.82) is 0 Å². The second-order valence-electron chi connectivity index (χ2n) is 10.4. The van der Waals surface area contributed by atoms with Crippen LogP contribution in [-0.2, 0) is 4.57 Å². The van der Waals surface area contributed by atoms with Gasteiger partial charge in [-0.05, 0) is 57.8 Å². The minimum absolute atomic E-state index is 0.0451. The van der Waals surface area contributed by atoms with Gasteiger partial charge in [0.15, 0.2) is 0 Å². The van der Waals surface area contributed by atoms with Crippen LogP contribution in [-0.4, -0.2) is 52.4 Å². The van der Waals surface area contributed by atoms with Gasteiger partial charge in [-0.2, -0.15) is 0 Å². The largest absolute Gasteiger partial charge is 0.373 e. The van der Waals surface area contributed by atoms with Crippen LogP contribution in [0.3, 0.4) is 0 Å². The van der Waals surface area contributed by atoms with Crippen molar-refractivity contribution in [3.05, 3.63) is 24.3 Å². The van der Waals surface area contributed by atoms with Gasteiger partial charge < -0.3 is 19.4 Å². The number of quaternary nitrogens is 1. The van der Waals surface area contributed by atoms with Gasteiger partial charge in [-0.15, -0.1) is 0 Å². The summed E-state index contributed by atoms with van der Waals surface area (Å²) < 4.78 is 12.1. The highest BCUT2D eigenvalue weighted by Crippen LogP contribution is 2.52. The van der Waals surface area contributed by atoms with Gasteiger partial charge in [-0.3, -0.25) is 4.57 Å². The minimum Gasteiger partial charge on any atom is -0.373 e. The maximum absolute atomic E-state index is 11.8. The molecule has 0 spiro atoms. The van der Waals surface area contributed by atoms with E-state index in [0.717, 1.165) is 19.3 Å². The first-order valence-corrected chi connectivity index (χ1v) is 14.5. The molecule has 0 bridgehead atoms. The third-order valence-electron chi connectivity index (χ3n) is 5.75. The number of hydrogen-bond acceptors (Lipinski definition) is 2. The topological polar surface area (TPSA) is 77.8 Å². The van der Waals surface area contributed by atoms with Crippen LogP contribution in [0.5, 0.6) is 0 Å². The molecule has 0 aliphatic rings. The molecule has 0 saturated carbocycles. The van der Waals surface area contributed by atoms with Crippen molar-refractivity contribution in [2.24, 2.45) is 0 Å². The standard InChI is InChI=1S/C26H52NO4P/c1-5-6-7-8-9-10-11-12-13-14-15-16-17-18-19-20-21-22-23-24-26(28,32(29,30)31)25-27(2,3)4/h7-8,19-20,28H,5-6,9-18,21-25H2,1-4H3,(H-,29,30,31)/p+1/b8-7-,20-19-. The molecular formula is C26H53NO4P+. The van der Waals surface area contributed by atoms with Gasteiger partial charge in [0.2, 0.25) is 5.34 Å². The van der Waals surface area contributed by atoms with Gasteiger partial charge in [0.1, 0.15) is 6.54 Å². The molecule has 1 unspecified atom stereocenters. The molecule has 0 radical (unpaired) electrons. The Hall–Kier alpha value is -0.450. The average molecular weight is 475 g/mol. The predicted octanol–water partition coefficient (Wildman–Crippen LogP) is 6.93. The van der Waals surface area contributed by atoms with Crippen molar-refractivity contribution in [2.75, 3.05) is 27.7 Å². The molecule has 0 heterocycles. The van der Waals surface area contributed by atoms with Crippen LogP contribution < -0.4 is 0 Å². The van der Waals surface area contributed by atoms with Crippen LogP contribution in [0.1, 0.15) is 110 Å².